The van der Waals surface area contributed by atoms with E-state index in [0.717, 1.165) is 28.3 Å². The first-order chi connectivity index (χ1) is 18.4. The second kappa shape index (κ2) is 11.1. The lowest BCUT2D eigenvalue weighted by atomic mass is 9.94. The monoisotopic (exact) mass is 511 g/mol. The molecule has 5 nitrogen and oxygen atoms in total. The molecule has 2 heterocycles. The van der Waals surface area contributed by atoms with Crippen LogP contribution < -0.4 is 14.8 Å². The maximum absolute atomic E-state index is 5.58. The van der Waals surface area contributed by atoms with Crippen molar-refractivity contribution in [2.24, 2.45) is 0 Å². The van der Waals surface area contributed by atoms with Gasteiger partial charge >= 0.3 is 0 Å². The summed E-state index contributed by atoms with van der Waals surface area (Å²) in [5.74, 6) is 1.83. The molecule has 4 aromatic rings. The van der Waals surface area contributed by atoms with E-state index < -0.39 is 0 Å². The molecular formula is C33H41N3O2. The van der Waals surface area contributed by atoms with E-state index in [1.165, 1.54) is 53.7 Å². The molecule has 200 valence electrons. The van der Waals surface area contributed by atoms with E-state index >= 15 is 0 Å². The maximum atomic E-state index is 5.58. The zero-order chi connectivity index (χ0) is 26.8. The van der Waals surface area contributed by atoms with Crippen LogP contribution in [0.25, 0.3) is 33.3 Å². The predicted octanol–water partition coefficient (Wildman–Crippen LogP) is 7.93. The molecule has 38 heavy (non-hydrogen) atoms. The Morgan fingerprint density at radius 2 is 1.45 bits per heavy atom. The van der Waals surface area contributed by atoms with E-state index in [9.17, 15) is 0 Å². The molecule has 5 heteroatoms. The predicted molar refractivity (Wildman–Crippen MR) is 160 cm³/mol. The Kier molecular flexibility index (Phi) is 7.66. The summed E-state index contributed by atoms with van der Waals surface area (Å²) in [5.41, 5.74) is 8.37. The fourth-order valence-corrected chi connectivity index (χ4v) is 5.77. The summed E-state index contributed by atoms with van der Waals surface area (Å²) in [5, 5.41) is 5.03. The molecule has 0 aliphatic carbocycles. The summed E-state index contributed by atoms with van der Waals surface area (Å²) in [6.07, 6.45) is 2.40. The van der Waals surface area contributed by atoms with Crippen molar-refractivity contribution in [2.45, 2.75) is 58.5 Å². The van der Waals surface area contributed by atoms with Crippen LogP contribution in [0.1, 0.15) is 52.0 Å². The lowest BCUT2D eigenvalue weighted by Crippen LogP contribution is -2.42. The minimum absolute atomic E-state index is 0.357. The number of rotatable bonds is 8. The SMILES string of the molecule is COc1ccc(-c2[nH]c3ccc(-c4ccc(NC5CCN(C(C)C)CC5)cc4)cc3c2C(C)C)cc1OC. The minimum atomic E-state index is 0.357. The molecule has 1 fully saturated rings. The van der Waals surface area contributed by atoms with Gasteiger partial charge in [-0.2, -0.15) is 0 Å². The van der Waals surface area contributed by atoms with Crippen molar-refractivity contribution in [1.29, 1.82) is 0 Å². The molecule has 0 atom stereocenters. The zero-order valence-electron chi connectivity index (χ0n) is 23.6. The molecule has 3 aromatic carbocycles. The van der Waals surface area contributed by atoms with Crippen LogP contribution in [0.15, 0.2) is 60.7 Å². The smallest absolute Gasteiger partial charge is 0.161 e. The number of fused-ring (bicyclic) bond motifs is 1. The Hall–Kier alpha value is -3.44. The third kappa shape index (κ3) is 5.25. The third-order valence-corrected chi connectivity index (χ3v) is 7.94. The molecule has 1 aromatic heterocycles. The van der Waals surface area contributed by atoms with Crippen molar-refractivity contribution in [2.75, 3.05) is 32.6 Å². The number of nitrogens with one attached hydrogen (secondary N) is 2. The number of hydrogen-bond acceptors (Lipinski definition) is 4. The molecule has 0 unspecified atom stereocenters. The first kappa shape index (κ1) is 26.2. The largest absolute Gasteiger partial charge is 0.493 e. The first-order valence-corrected chi connectivity index (χ1v) is 13.9. The standard InChI is InChI=1S/C33H41N3O2/c1-21(2)32-28-19-24(9-13-29(28)35-33(32)25-10-14-30(37-5)31(20-25)38-6)23-7-11-26(12-8-23)34-27-15-17-36(18-16-27)22(3)4/h7-14,19-22,27,34-35H,15-18H2,1-6H3. The van der Waals surface area contributed by atoms with E-state index in [1.54, 1.807) is 14.2 Å². The summed E-state index contributed by atoms with van der Waals surface area (Å²) < 4.78 is 11.0. The van der Waals surface area contributed by atoms with Crippen molar-refractivity contribution >= 4 is 16.6 Å². The highest BCUT2D eigenvalue weighted by atomic mass is 16.5. The Bertz CT molecular complexity index is 1380. The average molecular weight is 512 g/mol. The Labute approximate surface area is 227 Å². The summed E-state index contributed by atoms with van der Waals surface area (Å²) >= 11 is 0. The molecular weight excluding hydrogens is 470 g/mol. The molecule has 1 aliphatic heterocycles. The van der Waals surface area contributed by atoms with Crippen LogP contribution >= 0.6 is 0 Å². The van der Waals surface area contributed by atoms with Crippen LogP contribution in [0.5, 0.6) is 11.5 Å². The molecule has 2 N–H and O–H groups in total. The van der Waals surface area contributed by atoms with Gasteiger partial charge in [0.25, 0.3) is 0 Å². The third-order valence-electron chi connectivity index (χ3n) is 7.94. The summed E-state index contributed by atoms with van der Waals surface area (Å²) in [6.45, 7) is 11.4. The van der Waals surface area contributed by atoms with Crippen LogP contribution in [0.4, 0.5) is 5.69 Å². The fraction of sp³-hybridized carbons (Fsp3) is 0.394. The number of aromatic amines is 1. The van der Waals surface area contributed by atoms with Crippen LogP contribution in [-0.2, 0) is 0 Å². The number of ether oxygens (including phenoxy) is 2. The molecule has 5 rings (SSSR count). The molecule has 1 saturated heterocycles. The average Bonchev–Trinajstić information content (AvgIpc) is 3.32. The van der Waals surface area contributed by atoms with Crippen LogP contribution in [0.2, 0.25) is 0 Å². The van der Waals surface area contributed by atoms with Gasteiger partial charge in [-0.3, -0.25) is 0 Å². The molecule has 0 radical (unpaired) electrons. The lowest BCUT2D eigenvalue weighted by molar-refractivity contribution is 0.177. The summed E-state index contributed by atoms with van der Waals surface area (Å²) in [6, 6.07) is 23.0. The Balaban J connectivity index is 1.40. The van der Waals surface area contributed by atoms with Gasteiger partial charge in [0, 0.05) is 47.3 Å². The number of likely N-dealkylation sites (tertiary alicyclic amines) is 1. The number of H-pyrrole nitrogens is 1. The molecule has 0 amide bonds. The van der Waals surface area contributed by atoms with Crippen LogP contribution in [0, 0.1) is 0 Å². The molecule has 1 aliphatic rings. The van der Waals surface area contributed by atoms with Gasteiger partial charge in [-0.1, -0.05) is 32.0 Å². The number of anilines is 1. The van der Waals surface area contributed by atoms with Crippen molar-refractivity contribution < 1.29 is 9.47 Å². The minimum Gasteiger partial charge on any atom is -0.493 e. The maximum Gasteiger partial charge on any atom is 0.161 e. The van der Waals surface area contributed by atoms with E-state index in [0.29, 0.717) is 18.0 Å². The second-order valence-corrected chi connectivity index (χ2v) is 11.0. The number of benzene rings is 3. The number of aromatic nitrogens is 1. The number of hydrogen-bond donors (Lipinski definition) is 2. The highest BCUT2D eigenvalue weighted by Crippen LogP contribution is 2.40. The number of nitrogens with zero attached hydrogens (tertiary/aromatic N) is 1. The van der Waals surface area contributed by atoms with E-state index in [-0.39, 0.29) is 0 Å². The second-order valence-electron chi connectivity index (χ2n) is 11.0. The summed E-state index contributed by atoms with van der Waals surface area (Å²) in [7, 11) is 3.35. The topological polar surface area (TPSA) is 49.5 Å². The van der Waals surface area contributed by atoms with Gasteiger partial charge in [-0.25, -0.2) is 0 Å². The van der Waals surface area contributed by atoms with Gasteiger partial charge in [0.1, 0.15) is 0 Å². The van der Waals surface area contributed by atoms with Gasteiger partial charge in [0.05, 0.1) is 19.9 Å². The lowest BCUT2D eigenvalue weighted by Gasteiger charge is -2.35. The van der Waals surface area contributed by atoms with Crippen molar-refractivity contribution in [3.05, 3.63) is 66.2 Å². The molecule has 0 saturated carbocycles. The highest BCUT2D eigenvalue weighted by molar-refractivity contribution is 5.94. The highest BCUT2D eigenvalue weighted by Gasteiger charge is 2.21. The Morgan fingerprint density at radius 1 is 0.789 bits per heavy atom. The number of piperidine rings is 1. The van der Waals surface area contributed by atoms with E-state index in [1.807, 2.05) is 6.07 Å². The molecule has 0 bridgehead atoms. The van der Waals surface area contributed by atoms with Crippen LogP contribution in [-0.4, -0.2) is 49.3 Å². The van der Waals surface area contributed by atoms with Gasteiger partial charge in [-0.15, -0.1) is 0 Å². The van der Waals surface area contributed by atoms with Crippen molar-refractivity contribution in [3.63, 3.8) is 0 Å². The zero-order valence-corrected chi connectivity index (χ0v) is 23.6. The Morgan fingerprint density at radius 3 is 2.08 bits per heavy atom. The number of methoxy groups -OCH3 is 2. The normalized spacial score (nSPS) is 14.9. The van der Waals surface area contributed by atoms with Gasteiger partial charge < -0.3 is 24.7 Å². The quantitative estimate of drug-likeness (QED) is 0.252. The first-order valence-electron chi connectivity index (χ1n) is 13.9. The van der Waals surface area contributed by atoms with E-state index in [4.69, 9.17) is 9.47 Å². The van der Waals surface area contributed by atoms with E-state index in [2.05, 4.69) is 97.5 Å². The fourth-order valence-electron chi connectivity index (χ4n) is 5.77. The molecule has 0 spiro atoms. The van der Waals surface area contributed by atoms with Crippen LogP contribution in [0.3, 0.4) is 0 Å². The van der Waals surface area contributed by atoms with Gasteiger partial charge in [-0.05, 0) is 91.8 Å². The van der Waals surface area contributed by atoms with Crippen molar-refractivity contribution in [1.82, 2.24) is 9.88 Å². The van der Waals surface area contributed by atoms with Gasteiger partial charge in [0.15, 0.2) is 11.5 Å². The summed E-state index contributed by atoms with van der Waals surface area (Å²) in [4.78, 5) is 6.25. The van der Waals surface area contributed by atoms with Gasteiger partial charge in [0.2, 0.25) is 0 Å². The van der Waals surface area contributed by atoms with Crippen molar-refractivity contribution in [3.8, 4) is 33.9 Å².